The van der Waals surface area contributed by atoms with E-state index in [1.807, 2.05) is 30.3 Å². The highest BCUT2D eigenvalue weighted by molar-refractivity contribution is 6.30. The average molecular weight is 483 g/mol. The van der Waals surface area contributed by atoms with Crippen molar-refractivity contribution < 1.29 is 9.59 Å². The molecule has 2 fully saturated rings. The van der Waals surface area contributed by atoms with Gasteiger partial charge in [0.05, 0.1) is 0 Å². The molecule has 2 aromatic carbocycles. The molecule has 34 heavy (non-hydrogen) atoms. The molecule has 1 aliphatic heterocycles. The van der Waals surface area contributed by atoms with Crippen LogP contribution in [0.4, 0.5) is 10.5 Å². The number of nitrogens with zero attached hydrogens (tertiary/aromatic N) is 1. The normalized spacial score (nSPS) is 18.7. The molecule has 0 spiro atoms. The van der Waals surface area contributed by atoms with Gasteiger partial charge in [-0.1, -0.05) is 61.2 Å². The lowest BCUT2D eigenvalue weighted by molar-refractivity contribution is -0.124. The predicted molar refractivity (Wildman–Crippen MR) is 137 cm³/mol. The van der Waals surface area contributed by atoms with Gasteiger partial charge >= 0.3 is 6.03 Å². The molecule has 4 rings (SSSR count). The summed E-state index contributed by atoms with van der Waals surface area (Å²) in [5, 5.41) is 9.48. The Hall–Kier alpha value is -2.57. The maximum atomic E-state index is 13.2. The standard InChI is InChI=1S/C27H35ClN4O2/c28-21-11-13-22(14-12-21)30-27(34)31-25(19-20-7-3-1-4-8-20)26(33)29-23-15-17-32(18-16-23)24-9-5-2-6-10-24/h1,3-4,7-8,11-14,23-25H,2,5-6,9-10,15-19H2,(H,29,33)(H2,30,31,34)/t25-/m1/s1. The summed E-state index contributed by atoms with van der Waals surface area (Å²) in [6.07, 6.45) is 9.00. The van der Waals surface area contributed by atoms with Crippen LogP contribution < -0.4 is 16.0 Å². The van der Waals surface area contributed by atoms with Crippen LogP contribution in [0.5, 0.6) is 0 Å². The predicted octanol–water partition coefficient (Wildman–Crippen LogP) is 4.99. The fourth-order valence-corrected chi connectivity index (χ4v) is 5.20. The van der Waals surface area contributed by atoms with Gasteiger partial charge in [-0.15, -0.1) is 0 Å². The van der Waals surface area contributed by atoms with Crippen LogP contribution >= 0.6 is 11.6 Å². The van der Waals surface area contributed by atoms with Crippen molar-refractivity contribution >= 4 is 29.2 Å². The van der Waals surface area contributed by atoms with Gasteiger partial charge in [0.1, 0.15) is 6.04 Å². The van der Waals surface area contributed by atoms with Gasteiger partial charge in [-0.3, -0.25) is 4.79 Å². The summed E-state index contributed by atoms with van der Waals surface area (Å²) in [5.41, 5.74) is 1.62. The molecule has 1 heterocycles. The lowest BCUT2D eigenvalue weighted by Gasteiger charge is -2.39. The minimum Gasteiger partial charge on any atom is -0.351 e. The summed E-state index contributed by atoms with van der Waals surface area (Å²) < 4.78 is 0. The van der Waals surface area contributed by atoms with Crippen molar-refractivity contribution in [2.75, 3.05) is 18.4 Å². The lowest BCUT2D eigenvalue weighted by Crippen LogP contribution is -2.54. The van der Waals surface area contributed by atoms with Crippen molar-refractivity contribution in [3.05, 3.63) is 65.2 Å². The Morgan fingerprint density at radius 3 is 2.26 bits per heavy atom. The molecule has 182 valence electrons. The van der Waals surface area contributed by atoms with E-state index in [0.29, 0.717) is 17.1 Å². The molecule has 1 saturated carbocycles. The molecule has 1 atom stereocenters. The number of rotatable bonds is 7. The van der Waals surface area contributed by atoms with E-state index in [0.717, 1.165) is 37.5 Å². The fourth-order valence-electron chi connectivity index (χ4n) is 5.07. The molecule has 3 N–H and O–H groups in total. The second-order valence-electron chi connectivity index (χ2n) is 9.46. The minimum atomic E-state index is -0.661. The van der Waals surface area contributed by atoms with Crippen LogP contribution in [0.25, 0.3) is 0 Å². The van der Waals surface area contributed by atoms with Crippen molar-refractivity contribution in [1.29, 1.82) is 0 Å². The largest absolute Gasteiger partial charge is 0.351 e. The number of likely N-dealkylation sites (tertiary alicyclic amines) is 1. The van der Waals surface area contributed by atoms with E-state index in [-0.39, 0.29) is 11.9 Å². The number of benzene rings is 2. The molecule has 0 radical (unpaired) electrons. The van der Waals surface area contributed by atoms with E-state index in [2.05, 4.69) is 20.9 Å². The van der Waals surface area contributed by atoms with Crippen LogP contribution in [-0.4, -0.2) is 48.1 Å². The first-order valence-corrected chi connectivity index (χ1v) is 12.9. The van der Waals surface area contributed by atoms with Crippen LogP contribution in [0.1, 0.15) is 50.5 Å². The number of nitrogens with one attached hydrogen (secondary N) is 3. The first-order valence-electron chi connectivity index (χ1n) is 12.5. The first-order chi connectivity index (χ1) is 16.6. The number of anilines is 1. The van der Waals surface area contributed by atoms with Crippen molar-refractivity contribution in [1.82, 2.24) is 15.5 Å². The van der Waals surface area contributed by atoms with Gasteiger partial charge in [0.15, 0.2) is 0 Å². The van der Waals surface area contributed by atoms with E-state index in [1.54, 1.807) is 24.3 Å². The molecule has 2 aromatic rings. The molecular formula is C27H35ClN4O2. The summed E-state index contributed by atoms with van der Waals surface area (Å²) in [6.45, 7) is 2.06. The van der Waals surface area contributed by atoms with Gasteiger partial charge in [0.25, 0.3) is 0 Å². The molecule has 3 amide bonds. The number of hydrogen-bond acceptors (Lipinski definition) is 3. The van der Waals surface area contributed by atoms with E-state index >= 15 is 0 Å². The number of carbonyl (C=O) groups excluding carboxylic acids is 2. The Bertz CT molecular complexity index is 923. The van der Waals surface area contributed by atoms with Crippen LogP contribution in [0.15, 0.2) is 54.6 Å². The third-order valence-corrected chi connectivity index (χ3v) is 7.23. The van der Waals surface area contributed by atoms with Crippen molar-refractivity contribution in [2.24, 2.45) is 0 Å². The smallest absolute Gasteiger partial charge is 0.319 e. The Morgan fingerprint density at radius 1 is 0.912 bits per heavy atom. The number of carbonyl (C=O) groups is 2. The molecule has 6 nitrogen and oxygen atoms in total. The van der Waals surface area contributed by atoms with Gasteiger partial charge in [0, 0.05) is 42.3 Å². The monoisotopic (exact) mass is 482 g/mol. The molecule has 1 aliphatic carbocycles. The third-order valence-electron chi connectivity index (χ3n) is 6.97. The summed E-state index contributed by atoms with van der Waals surface area (Å²) in [5.74, 6) is -0.133. The van der Waals surface area contributed by atoms with Gasteiger partial charge in [-0.05, 0) is 55.5 Å². The van der Waals surface area contributed by atoms with Gasteiger partial charge in [0.2, 0.25) is 5.91 Å². The maximum absolute atomic E-state index is 13.2. The molecule has 7 heteroatoms. The number of urea groups is 1. The summed E-state index contributed by atoms with van der Waals surface area (Å²) in [7, 11) is 0. The van der Waals surface area contributed by atoms with E-state index in [4.69, 9.17) is 11.6 Å². The molecule has 0 bridgehead atoms. The number of hydrogen-bond donors (Lipinski definition) is 3. The highest BCUT2D eigenvalue weighted by Crippen LogP contribution is 2.25. The molecular weight excluding hydrogens is 448 g/mol. The van der Waals surface area contributed by atoms with Crippen LogP contribution in [0.2, 0.25) is 5.02 Å². The molecule has 2 aliphatic rings. The van der Waals surface area contributed by atoms with E-state index < -0.39 is 12.1 Å². The summed E-state index contributed by atoms with van der Waals surface area (Å²) in [4.78, 5) is 28.5. The lowest BCUT2D eigenvalue weighted by atomic mass is 9.92. The second-order valence-corrected chi connectivity index (χ2v) is 9.89. The van der Waals surface area contributed by atoms with Crippen LogP contribution in [0, 0.1) is 0 Å². The van der Waals surface area contributed by atoms with Gasteiger partial charge in [-0.25, -0.2) is 4.79 Å². The molecule has 0 aromatic heterocycles. The Morgan fingerprint density at radius 2 is 1.59 bits per heavy atom. The number of piperidine rings is 1. The van der Waals surface area contributed by atoms with Crippen LogP contribution in [-0.2, 0) is 11.2 Å². The van der Waals surface area contributed by atoms with Crippen molar-refractivity contribution in [3.63, 3.8) is 0 Å². The highest BCUT2D eigenvalue weighted by atomic mass is 35.5. The second kappa shape index (κ2) is 12.2. The molecule has 0 unspecified atom stereocenters. The summed E-state index contributed by atoms with van der Waals surface area (Å²) >= 11 is 5.93. The zero-order valence-electron chi connectivity index (χ0n) is 19.6. The molecule has 1 saturated heterocycles. The zero-order valence-corrected chi connectivity index (χ0v) is 20.4. The fraction of sp³-hybridized carbons (Fsp3) is 0.481. The average Bonchev–Trinajstić information content (AvgIpc) is 2.87. The van der Waals surface area contributed by atoms with Gasteiger partial charge in [-0.2, -0.15) is 0 Å². The number of amides is 3. The Labute approximate surface area is 207 Å². The zero-order chi connectivity index (χ0) is 23.8. The quantitative estimate of drug-likeness (QED) is 0.520. The van der Waals surface area contributed by atoms with E-state index in [1.165, 1.54) is 32.1 Å². The third kappa shape index (κ3) is 7.21. The maximum Gasteiger partial charge on any atom is 0.319 e. The van der Waals surface area contributed by atoms with E-state index in [9.17, 15) is 9.59 Å². The van der Waals surface area contributed by atoms with Crippen molar-refractivity contribution in [2.45, 2.75) is 69.5 Å². The Balaban J connectivity index is 1.33. The summed E-state index contributed by atoms with van der Waals surface area (Å²) in [6, 6.07) is 16.5. The topological polar surface area (TPSA) is 73.5 Å². The minimum absolute atomic E-state index is 0.133. The van der Waals surface area contributed by atoms with Crippen LogP contribution in [0.3, 0.4) is 0 Å². The number of halogens is 1. The SMILES string of the molecule is O=C(Nc1ccc(Cl)cc1)N[C@H](Cc1ccccc1)C(=O)NC1CCN(C2CCCCC2)CC1. The first kappa shape index (κ1) is 24.6. The highest BCUT2D eigenvalue weighted by Gasteiger charge is 2.29. The van der Waals surface area contributed by atoms with Gasteiger partial charge < -0.3 is 20.9 Å². The Kier molecular flexibility index (Phi) is 8.83. The van der Waals surface area contributed by atoms with Crippen molar-refractivity contribution in [3.8, 4) is 0 Å².